The number of aliphatic imine (C=N–C) groups is 1. The largest absolute Gasteiger partial charge is 0.354 e. The normalized spacial score (nSPS) is 17.6. The molecule has 4 rings (SSSR count). The molecule has 2 aromatic rings. The molecule has 2 aromatic carbocycles. The second-order valence-electron chi connectivity index (χ2n) is 7.58. The van der Waals surface area contributed by atoms with Crippen LogP contribution in [0.3, 0.4) is 0 Å². The first-order valence-corrected chi connectivity index (χ1v) is 10.4. The minimum Gasteiger partial charge on any atom is -0.354 e. The number of nitrogens with one attached hydrogen (secondary N) is 2. The lowest BCUT2D eigenvalue weighted by molar-refractivity contribution is -0.124. The Morgan fingerprint density at radius 1 is 1.06 bits per heavy atom. The number of hydrogen-bond acceptors (Lipinski definition) is 4. The van der Waals surface area contributed by atoms with Crippen molar-refractivity contribution in [1.82, 2.24) is 25.3 Å². The summed E-state index contributed by atoms with van der Waals surface area (Å²) in [5.74, 6) is 0.630. The Labute approximate surface area is 199 Å². The van der Waals surface area contributed by atoms with E-state index in [1.807, 2.05) is 0 Å². The molecule has 0 atom stereocenters. The van der Waals surface area contributed by atoms with Crippen LogP contribution in [0.4, 0.5) is 4.79 Å². The highest BCUT2D eigenvalue weighted by atomic mass is 127. The number of guanidine groups is 1. The standard InChI is InChI=1S/C22H28N6O2.HI/c1-23-21(24-9-10-28-20(29)15-25-22(28)30)27-13-11-26(12-14-27)16-18-7-4-6-17-5-2-3-8-19(17)18;/h2-8H,9-16H2,1H3,(H,23,24)(H,25,30);1H. The summed E-state index contributed by atoms with van der Waals surface area (Å²) in [5.41, 5.74) is 1.36. The van der Waals surface area contributed by atoms with Crippen LogP contribution in [0.25, 0.3) is 10.8 Å². The Hall–Kier alpha value is -2.40. The molecule has 166 valence electrons. The summed E-state index contributed by atoms with van der Waals surface area (Å²) in [4.78, 5) is 33.6. The van der Waals surface area contributed by atoms with Crippen molar-refractivity contribution in [3.05, 3.63) is 48.0 Å². The minimum absolute atomic E-state index is 0. The van der Waals surface area contributed by atoms with Crippen molar-refractivity contribution in [2.45, 2.75) is 6.54 Å². The Morgan fingerprint density at radius 2 is 1.81 bits per heavy atom. The van der Waals surface area contributed by atoms with Gasteiger partial charge in [-0.25, -0.2) is 4.79 Å². The third-order valence-electron chi connectivity index (χ3n) is 5.71. The van der Waals surface area contributed by atoms with Crippen LogP contribution in [-0.2, 0) is 11.3 Å². The van der Waals surface area contributed by atoms with Crippen LogP contribution >= 0.6 is 24.0 Å². The van der Waals surface area contributed by atoms with E-state index in [0.29, 0.717) is 13.1 Å². The topological polar surface area (TPSA) is 80.3 Å². The summed E-state index contributed by atoms with van der Waals surface area (Å²) in [6.45, 7) is 5.53. The first-order valence-electron chi connectivity index (χ1n) is 10.4. The first-order chi connectivity index (χ1) is 14.7. The number of piperazine rings is 1. The smallest absolute Gasteiger partial charge is 0.324 e. The molecule has 0 saturated carbocycles. The van der Waals surface area contributed by atoms with E-state index in [4.69, 9.17) is 0 Å². The molecule has 9 heteroatoms. The molecule has 2 saturated heterocycles. The van der Waals surface area contributed by atoms with Gasteiger partial charge in [0.05, 0.1) is 6.54 Å². The summed E-state index contributed by atoms with van der Waals surface area (Å²) < 4.78 is 0. The summed E-state index contributed by atoms with van der Waals surface area (Å²) in [6.07, 6.45) is 0. The van der Waals surface area contributed by atoms with Crippen LogP contribution in [0.1, 0.15) is 5.56 Å². The van der Waals surface area contributed by atoms with Crippen LogP contribution in [0.5, 0.6) is 0 Å². The highest BCUT2D eigenvalue weighted by Crippen LogP contribution is 2.20. The van der Waals surface area contributed by atoms with E-state index in [0.717, 1.165) is 38.7 Å². The molecule has 8 nitrogen and oxygen atoms in total. The fraction of sp³-hybridized carbons (Fsp3) is 0.409. The van der Waals surface area contributed by atoms with Crippen molar-refractivity contribution in [3.63, 3.8) is 0 Å². The summed E-state index contributed by atoms with van der Waals surface area (Å²) in [6, 6.07) is 14.7. The molecular weight excluding hydrogens is 507 g/mol. The zero-order valence-electron chi connectivity index (χ0n) is 17.7. The first kappa shape index (κ1) is 23.3. The summed E-state index contributed by atoms with van der Waals surface area (Å²) >= 11 is 0. The predicted octanol–water partition coefficient (Wildman–Crippen LogP) is 1.70. The van der Waals surface area contributed by atoms with Crippen molar-refractivity contribution in [3.8, 4) is 0 Å². The van der Waals surface area contributed by atoms with Crippen LogP contribution in [-0.4, -0.2) is 85.5 Å². The fourth-order valence-electron chi connectivity index (χ4n) is 4.08. The maximum absolute atomic E-state index is 11.7. The lowest BCUT2D eigenvalue weighted by Gasteiger charge is -2.36. The molecule has 2 aliphatic rings. The van der Waals surface area contributed by atoms with Crippen molar-refractivity contribution >= 4 is 52.6 Å². The lowest BCUT2D eigenvalue weighted by atomic mass is 10.0. The Bertz CT molecular complexity index is 937. The second-order valence-corrected chi connectivity index (χ2v) is 7.58. The van der Waals surface area contributed by atoms with Crippen LogP contribution in [0.2, 0.25) is 0 Å². The van der Waals surface area contributed by atoms with Crippen molar-refractivity contribution in [2.75, 3.05) is 52.9 Å². The number of fused-ring (bicyclic) bond motifs is 1. The number of amides is 3. The van der Waals surface area contributed by atoms with E-state index in [2.05, 4.69) is 67.9 Å². The van der Waals surface area contributed by atoms with Gasteiger partial charge in [-0.05, 0) is 16.3 Å². The lowest BCUT2D eigenvalue weighted by Crippen LogP contribution is -2.53. The molecule has 0 aromatic heterocycles. The maximum Gasteiger partial charge on any atom is 0.324 e. The predicted molar refractivity (Wildman–Crippen MR) is 133 cm³/mol. The number of urea groups is 1. The number of halogens is 1. The van der Waals surface area contributed by atoms with Gasteiger partial charge in [0.25, 0.3) is 0 Å². The summed E-state index contributed by atoms with van der Waals surface area (Å²) in [5, 5.41) is 8.41. The number of benzene rings is 2. The molecule has 2 N–H and O–H groups in total. The highest BCUT2D eigenvalue weighted by Gasteiger charge is 2.28. The van der Waals surface area contributed by atoms with Gasteiger partial charge in [0.15, 0.2) is 5.96 Å². The van der Waals surface area contributed by atoms with Crippen molar-refractivity contribution in [1.29, 1.82) is 0 Å². The van der Waals surface area contributed by atoms with E-state index >= 15 is 0 Å². The van der Waals surface area contributed by atoms with Gasteiger partial charge in [0.2, 0.25) is 5.91 Å². The molecule has 0 spiro atoms. The fourth-order valence-corrected chi connectivity index (χ4v) is 4.08. The number of carbonyl (C=O) groups is 2. The van der Waals surface area contributed by atoms with E-state index < -0.39 is 0 Å². The molecular formula is C22H29IN6O2. The van der Waals surface area contributed by atoms with Crippen molar-refractivity contribution in [2.24, 2.45) is 4.99 Å². The van der Waals surface area contributed by atoms with Gasteiger partial charge in [-0.2, -0.15) is 0 Å². The molecule has 0 unspecified atom stereocenters. The zero-order chi connectivity index (χ0) is 20.9. The van der Waals surface area contributed by atoms with E-state index in [1.165, 1.54) is 21.2 Å². The van der Waals surface area contributed by atoms with Gasteiger partial charge in [-0.3, -0.25) is 19.6 Å². The highest BCUT2D eigenvalue weighted by molar-refractivity contribution is 14.0. The quantitative estimate of drug-likeness (QED) is 0.263. The van der Waals surface area contributed by atoms with E-state index in [1.54, 1.807) is 7.05 Å². The second kappa shape index (κ2) is 10.8. The van der Waals surface area contributed by atoms with Gasteiger partial charge >= 0.3 is 6.03 Å². The average molecular weight is 536 g/mol. The Balaban J connectivity index is 0.00000272. The third kappa shape index (κ3) is 5.45. The van der Waals surface area contributed by atoms with Crippen LogP contribution in [0.15, 0.2) is 47.5 Å². The molecule has 0 bridgehead atoms. The zero-order valence-corrected chi connectivity index (χ0v) is 20.0. The van der Waals surface area contributed by atoms with Gasteiger partial charge in [0, 0.05) is 52.9 Å². The molecule has 31 heavy (non-hydrogen) atoms. The Kier molecular flexibility index (Phi) is 8.08. The maximum atomic E-state index is 11.7. The third-order valence-corrected chi connectivity index (χ3v) is 5.71. The minimum atomic E-state index is -0.321. The van der Waals surface area contributed by atoms with Crippen LogP contribution < -0.4 is 10.6 Å². The number of nitrogens with zero attached hydrogens (tertiary/aromatic N) is 4. The Morgan fingerprint density at radius 3 is 2.52 bits per heavy atom. The number of imide groups is 1. The number of rotatable bonds is 5. The van der Waals surface area contributed by atoms with Crippen molar-refractivity contribution < 1.29 is 9.59 Å². The monoisotopic (exact) mass is 536 g/mol. The number of carbonyl (C=O) groups excluding carboxylic acids is 2. The SMILES string of the molecule is CN=C(NCCN1C(=O)CNC1=O)N1CCN(Cc2cccc3ccccc23)CC1.I. The summed E-state index contributed by atoms with van der Waals surface area (Å²) in [7, 11) is 1.76. The molecule has 0 radical (unpaired) electrons. The van der Waals surface area contributed by atoms with Gasteiger partial charge in [-0.1, -0.05) is 42.5 Å². The van der Waals surface area contributed by atoms with E-state index in [-0.39, 0.29) is 42.5 Å². The number of hydrogen-bond donors (Lipinski definition) is 2. The van der Waals surface area contributed by atoms with E-state index in [9.17, 15) is 9.59 Å². The molecule has 2 heterocycles. The molecule has 0 aliphatic carbocycles. The average Bonchev–Trinajstić information content (AvgIpc) is 3.10. The van der Waals surface area contributed by atoms with Gasteiger partial charge in [0.1, 0.15) is 0 Å². The van der Waals surface area contributed by atoms with Crippen LogP contribution in [0, 0.1) is 0 Å². The molecule has 3 amide bonds. The molecule has 2 fully saturated rings. The van der Waals surface area contributed by atoms with Gasteiger partial charge in [-0.15, -0.1) is 24.0 Å². The molecule has 2 aliphatic heterocycles. The van der Waals surface area contributed by atoms with Gasteiger partial charge < -0.3 is 15.5 Å².